The lowest BCUT2D eigenvalue weighted by atomic mass is 10.1. The van der Waals surface area contributed by atoms with Gasteiger partial charge in [-0.25, -0.2) is 4.98 Å². The minimum Gasteiger partial charge on any atom is -0.348 e. The van der Waals surface area contributed by atoms with Gasteiger partial charge in [-0.15, -0.1) is 22.7 Å². The van der Waals surface area contributed by atoms with E-state index in [4.69, 9.17) is 0 Å². The largest absolute Gasteiger partial charge is 0.348 e. The maximum Gasteiger partial charge on any atom is 0.225 e. The second kappa shape index (κ2) is 8.21. The first-order valence-corrected chi connectivity index (χ1v) is 9.23. The van der Waals surface area contributed by atoms with Crippen LogP contribution in [0.15, 0.2) is 22.9 Å². The molecule has 0 unspecified atom stereocenters. The van der Waals surface area contributed by atoms with Crippen molar-refractivity contribution in [2.45, 2.75) is 39.3 Å². The highest BCUT2D eigenvalue weighted by Crippen LogP contribution is 2.23. The molecule has 0 bridgehead atoms. The van der Waals surface area contributed by atoms with E-state index in [9.17, 15) is 9.59 Å². The third kappa shape index (κ3) is 5.14. The van der Waals surface area contributed by atoms with Crippen molar-refractivity contribution in [2.75, 3.05) is 7.05 Å². The predicted molar refractivity (Wildman–Crippen MR) is 93.5 cm³/mol. The van der Waals surface area contributed by atoms with Gasteiger partial charge >= 0.3 is 0 Å². The van der Waals surface area contributed by atoms with E-state index in [1.807, 2.05) is 22.9 Å². The summed E-state index contributed by atoms with van der Waals surface area (Å²) in [7, 11) is 1.77. The monoisotopic (exact) mass is 351 g/mol. The molecule has 1 N–H and O–H groups in total. The van der Waals surface area contributed by atoms with Crippen LogP contribution < -0.4 is 5.32 Å². The third-order valence-corrected chi connectivity index (χ3v) is 5.40. The number of thiophene rings is 1. The molecule has 0 aliphatic rings. The standard InChI is InChI=1S/C16H21N3O2S2/c1-4-15-18-12(10-23-15)9-19(3)16(21)8-13(17-11(2)20)14-6-5-7-22-14/h5-7,10,13H,4,8-9H2,1-3H3,(H,17,20)/t13-/m1/s1. The van der Waals surface area contributed by atoms with E-state index in [0.29, 0.717) is 6.54 Å². The van der Waals surface area contributed by atoms with Crippen LogP contribution >= 0.6 is 22.7 Å². The van der Waals surface area contributed by atoms with Crippen molar-refractivity contribution in [3.05, 3.63) is 38.5 Å². The summed E-state index contributed by atoms with van der Waals surface area (Å²) >= 11 is 3.16. The summed E-state index contributed by atoms with van der Waals surface area (Å²) < 4.78 is 0. The van der Waals surface area contributed by atoms with Gasteiger partial charge in [0, 0.05) is 24.2 Å². The van der Waals surface area contributed by atoms with Crippen molar-refractivity contribution >= 4 is 34.5 Å². The van der Waals surface area contributed by atoms with Gasteiger partial charge in [-0.2, -0.15) is 0 Å². The van der Waals surface area contributed by atoms with Crippen LogP contribution in [0.4, 0.5) is 0 Å². The lowest BCUT2D eigenvalue weighted by molar-refractivity contribution is -0.131. The van der Waals surface area contributed by atoms with Crippen LogP contribution in [0, 0.1) is 0 Å². The molecular formula is C16H21N3O2S2. The molecule has 7 heteroatoms. The second-order valence-corrected chi connectivity index (χ2v) is 7.23. The maximum atomic E-state index is 12.5. The third-order valence-electron chi connectivity index (χ3n) is 3.37. The molecule has 0 spiro atoms. The molecule has 23 heavy (non-hydrogen) atoms. The average molecular weight is 351 g/mol. The highest BCUT2D eigenvalue weighted by atomic mass is 32.1. The van der Waals surface area contributed by atoms with Crippen LogP contribution in [0.5, 0.6) is 0 Å². The van der Waals surface area contributed by atoms with Gasteiger partial charge < -0.3 is 10.2 Å². The summed E-state index contributed by atoms with van der Waals surface area (Å²) in [6.07, 6.45) is 1.16. The van der Waals surface area contributed by atoms with Crippen LogP contribution in [0.25, 0.3) is 0 Å². The quantitative estimate of drug-likeness (QED) is 0.834. The fraction of sp³-hybridized carbons (Fsp3) is 0.438. The topological polar surface area (TPSA) is 62.3 Å². The van der Waals surface area contributed by atoms with Crippen LogP contribution in [-0.2, 0) is 22.6 Å². The number of nitrogens with zero attached hydrogens (tertiary/aromatic N) is 2. The van der Waals surface area contributed by atoms with Gasteiger partial charge in [0.25, 0.3) is 0 Å². The zero-order valence-corrected chi connectivity index (χ0v) is 15.2. The Labute approximate surface area is 144 Å². The number of rotatable bonds is 7. The van der Waals surface area contributed by atoms with Crippen LogP contribution in [0.3, 0.4) is 0 Å². The molecule has 0 saturated heterocycles. The molecular weight excluding hydrogens is 330 g/mol. The van der Waals surface area contributed by atoms with E-state index < -0.39 is 0 Å². The molecule has 0 aromatic carbocycles. The summed E-state index contributed by atoms with van der Waals surface area (Å²) in [5.41, 5.74) is 0.912. The van der Waals surface area contributed by atoms with E-state index in [1.54, 1.807) is 34.6 Å². The Kier molecular flexibility index (Phi) is 6.29. The summed E-state index contributed by atoms with van der Waals surface area (Å²) in [5, 5.41) is 7.87. The molecule has 124 valence electrons. The zero-order chi connectivity index (χ0) is 16.8. The number of thiazole rings is 1. The zero-order valence-electron chi connectivity index (χ0n) is 13.5. The molecule has 2 rings (SSSR count). The highest BCUT2D eigenvalue weighted by Gasteiger charge is 2.20. The number of carbonyl (C=O) groups is 2. The maximum absolute atomic E-state index is 12.5. The first-order valence-electron chi connectivity index (χ1n) is 7.47. The Morgan fingerprint density at radius 1 is 1.39 bits per heavy atom. The number of hydrogen-bond donors (Lipinski definition) is 1. The molecule has 2 aromatic heterocycles. The lowest BCUT2D eigenvalue weighted by Crippen LogP contribution is -2.33. The summed E-state index contributed by atoms with van der Waals surface area (Å²) in [6.45, 7) is 4.03. The number of aromatic nitrogens is 1. The Bertz CT molecular complexity index is 652. The van der Waals surface area contributed by atoms with Crippen LogP contribution in [0.2, 0.25) is 0 Å². The number of amides is 2. The first kappa shape index (κ1) is 17.6. The molecule has 0 radical (unpaired) electrons. The van der Waals surface area contributed by atoms with Gasteiger partial charge in [0.15, 0.2) is 0 Å². The molecule has 0 saturated carbocycles. The molecule has 2 amide bonds. The average Bonchev–Trinajstić information content (AvgIpc) is 3.17. The fourth-order valence-corrected chi connectivity index (χ4v) is 3.72. The Balaban J connectivity index is 1.98. The Morgan fingerprint density at radius 3 is 2.74 bits per heavy atom. The molecule has 0 fully saturated rings. The number of nitrogens with one attached hydrogen (secondary N) is 1. The summed E-state index contributed by atoms with van der Waals surface area (Å²) in [6, 6.07) is 3.58. The van der Waals surface area contributed by atoms with E-state index >= 15 is 0 Å². The van der Waals surface area contributed by atoms with Crippen molar-refractivity contribution in [1.29, 1.82) is 0 Å². The molecule has 2 aromatic rings. The number of carbonyl (C=O) groups excluding carboxylic acids is 2. The Morgan fingerprint density at radius 2 is 2.17 bits per heavy atom. The summed E-state index contributed by atoms with van der Waals surface area (Å²) in [4.78, 5) is 31.0. The minimum atomic E-state index is -0.274. The van der Waals surface area contributed by atoms with Crippen molar-refractivity contribution in [1.82, 2.24) is 15.2 Å². The van der Waals surface area contributed by atoms with Crippen molar-refractivity contribution < 1.29 is 9.59 Å². The lowest BCUT2D eigenvalue weighted by Gasteiger charge is -2.21. The first-order chi connectivity index (χ1) is 11.0. The van der Waals surface area contributed by atoms with Crippen LogP contribution in [-0.4, -0.2) is 28.7 Å². The van der Waals surface area contributed by atoms with Gasteiger partial charge in [-0.05, 0) is 17.9 Å². The van der Waals surface area contributed by atoms with E-state index in [2.05, 4.69) is 17.2 Å². The SMILES string of the molecule is CCc1nc(CN(C)C(=O)C[C@@H](NC(C)=O)c2cccs2)cs1. The van der Waals surface area contributed by atoms with Crippen molar-refractivity contribution in [2.24, 2.45) is 0 Å². The highest BCUT2D eigenvalue weighted by molar-refractivity contribution is 7.10. The van der Waals surface area contributed by atoms with Gasteiger partial charge in [-0.3, -0.25) is 9.59 Å². The summed E-state index contributed by atoms with van der Waals surface area (Å²) in [5.74, 6) is -0.144. The molecule has 2 heterocycles. The molecule has 1 atom stereocenters. The van der Waals surface area contributed by atoms with Gasteiger partial charge in [0.05, 0.1) is 29.7 Å². The molecule has 0 aliphatic heterocycles. The minimum absolute atomic E-state index is 0.0109. The second-order valence-electron chi connectivity index (χ2n) is 5.31. The number of hydrogen-bond acceptors (Lipinski definition) is 5. The number of aryl methyl sites for hydroxylation is 1. The predicted octanol–water partition coefficient (Wildman–Crippen LogP) is 2.99. The molecule has 0 aliphatic carbocycles. The van der Waals surface area contributed by atoms with Gasteiger partial charge in [0.2, 0.25) is 11.8 Å². The van der Waals surface area contributed by atoms with Crippen LogP contribution in [0.1, 0.15) is 41.9 Å². The fourth-order valence-electron chi connectivity index (χ4n) is 2.20. The van der Waals surface area contributed by atoms with Gasteiger partial charge in [-0.1, -0.05) is 13.0 Å². The van der Waals surface area contributed by atoms with Crippen molar-refractivity contribution in [3.8, 4) is 0 Å². The van der Waals surface area contributed by atoms with E-state index in [0.717, 1.165) is 22.0 Å². The van der Waals surface area contributed by atoms with E-state index in [1.165, 1.54) is 6.92 Å². The van der Waals surface area contributed by atoms with Crippen molar-refractivity contribution in [3.63, 3.8) is 0 Å². The van der Waals surface area contributed by atoms with E-state index in [-0.39, 0.29) is 24.3 Å². The molecule has 5 nitrogen and oxygen atoms in total. The normalized spacial score (nSPS) is 12.0. The smallest absolute Gasteiger partial charge is 0.225 e. The Hall–Kier alpha value is -1.73. The van der Waals surface area contributed by atoms with Gasteiger partial charge in [0.1, 0.15) is 0 Å².